The second-order valence-electron chi connectivity index (χ2n) is 22.8. The smallest absolute Gasteiger partial charge is 0.203 e. The average Bonchev–Trinajstić information content (AvgIpc) is 4.28. The summed E-state index contributed by atoms with van der Waals surface area (Å²) in [5, 5.41) is 0. The van der Waals surface area contributed by atoms with Crippen LogP contribution in [0.3, 0.4) is 0 Å². The van der Waals surface area contributed by atoms with Crippen LogP contribution in [0.4, 0.5) is 0 Å². The van der Waals surface area contributed by atoms with Crippen molar-refractivity contribution < 1.29 is 8.42 Å². The van der Waals surface area contributed by atoms with Crippen molar-refractivity contribution in [2.75, 3.05) is 0 Å². The lowest BCUT2D eigenvalue weighted by atomic mass is 9.65. The minimum absolute atomic E-state index is 0.00158. The fourth-order valence-electron chi connectivity index (χ4n) is 13.2. The van der Waals surface area contributed by atoms with Crippen molar-refractivity contribution in [3.05, 3.63) is 95.9 Å². The quantitative estimate of drug-likeness (QED) is 0.0543. The molecule has 6 heterocycles. The van der Waals surface area contributed by atoms with Gasteiger partial charge in [-0.25, -0.2) is 8.42 Å². The summed E-state index contributed by atoms with van der Waals surface area (Å²) >= 11 is 9.01. The molecule has 0 radical (unpaired) electrons. The number of rotatable bonds is 26. The molecule has 3 aliphatic rings. The highest BCUT2D eigenvalue weighted by atomic mass is 32.2. The number of sulfone groups is 1. The third kappa shape index (κ3) is 11.3. The fourth-order valence-corrected chi connectivity index (χ4v) is 20.4. The molecule has 74 heavy (non-hydrogen) atoms. The van der Waals surface area contributed by atoms with Gasteiger partial charge in [0.15, 0.2) is 0 Å². The summed E-state index contributed by atoms with van der Waals surface area (Å²) in [5.41, 5.74) is 11.0. The fraction of sp³-hybridized carbons (Fsp3) is 0.594. The van der Waals surface area contributed by atoms with E-state index in [2.05, 4.69) is 117 Å². The molecule has 6 aromatic rings. The number of nitrogens with zero attached hydrogens (tertiary/aromatic N) is 2. The van der Waals surface area contributed by atoms with Gasteiger partial charge in [0.2, 0.25) is 9.84 Å². The molecule has 9 rings (SSSR count). The predicted molar refractivity (Wildman–Crippen MR) is 330 cm³/mol. The topological polar surface area (TPSA) is 59.9 Å². The Bertz CT molecular complexity index is 2990. The Hall–Kier alpha value is -2.73. The van der Waals surface area contributed by atoms with Gasteiger partial charge in [0.25, 0.3) is 0 Å². The van der Waals surface area contributed by atoms with Crippen molar-refractivity contribution in [1.29, 1.82) is 0 Å². The molecule has 0 amide bonds. The maximum absolute atomic E-state index is 13.1. The number of fused-ring (bicyclic) bond motifs is 7. The summed E-state index contributed by atoms with van der Waals surface area (Å²) in [7, 11) is -3.36. The summed E-state index contributed by atoms with van der Waals surface area (Å²) < 4.78 is 35.6. The number of aromatic nitrogens is 2. The van der Waals surface area contributed by atoms with Crippen molar-refractivity contribution in [2.24, 2.45) is 23.7 Å². The molecular formula is C64H88N2O2S6. The molecule has 0 bridgehead atoms. The van der Waals surface area contributed by atoms with Crippen LogP contribution in [0, 0.1) is 44.4 Å². The Kier molecular flexibility index (Phi) is 19.4. The Morgan fingerprint density at radius 2 is 0.878 bits per heavy atom. The van der Waals surface area contributed by atoms with Crippen LogP contribution in [0.2, 0.25) is 0 Å². The highest BCUT2D eigenvalue weighted by Gasteiger charge is 2.50. The van der Waals surface area contributed by atoms with Crippen LogP contribution in [0.5, 0.6) is 0 Å². The number of aryl methyl sites for hydroxylation is 3. The van der Waals surface area contributed by atoms with Gasteiger partial charge in [-0.05, 0) is 141 Å². The first kappa shape index (κ1) is 57.4. The average molecular weight is 1110 g/mol. The summed E-state index contributed by atoms with van der Waals surface area (Å²) in [6.07, 6.45) is 29.1. The van der Waals surface area contributed by atoms with Gasteiger partial charge in [-0.1, -0.05) is 170 Å². The summed E-state index contributed by atoms with van der Waals surface area (Å²) in [6.45, 7) is 27.3. The first-order valence-electron chi connectivity index (χ1n) is 29.0. The third-order valence-electron chi connectivity index (χ3n) is 17.7. The van der Waals surface area contributed by atoms with Crippen LogP contribution in [-0.4, -0.2) is 17.2 Å². The molecule has 0 saturated carbocycles. The third-order valence-corrected chi connectivity index (χ3v) is 25.0. The first-order chi connectivity index (χ1) is 35.7. The number of unbranched alkanes of at least 4 members (excludes halogenated alkanes) is 4. The zero-order valence-electron chi connectivity index (χ0n) is 47.2. The molecule has 10 heteroatoms. The standard InChI is InChI=1S/C33H44N2S3.C31H44O2S3/c1-7-11-13-23(9-3)19-33(20-24(10-4)14-12-8-2)26-17-22(6)36-31(26)32-27(33)18-28(37-32)25-16-15-21(5)29-30(25)35-38-34-29;1-7-11-13-23(9-3)19-31(20-24(10-4)14-12-8-2)25-17-21(5)34-29(25)30-26(31)18-27(35-30)28-16-15-22(6)36(28,32)33/h15-18,23-24H,7-14,19-20H2,1-6H3;15-18,23-24H,7-14,19-20H2,1-6H3. The van der Waals surface area contributed by atoms with Crippen molar-refractivity contribution in [1.82, 2.24) is 8.75 Å². The Morgan fingerprint density at radius 3 is 1.28 bits per heavy atom. The van der Waals surface area contributed by atoms with E-state index in [1.807, 2.05) is 40.1 Å². The van der Waals surface area contributed by atoms with Gasteiger partial charge < -0.3 is 0 Å². The molecule has 0 saturated heterocycles. The summed E-state index contributed by atoms with van der Waals surface area (Å²) in [6, 6.07) is 14.4. The second kappa shape index (κ2) is 24.9. The van der Waals surface area contributed by atoms with E-state index in [4.69, 9.17) is 4.37 Å². The molecule has 4 unspecified atom stereocenters. The van der Waals surface area contributed by atoms with Gasteiger partial charge in [-0.15, -0.1) is 45.3 Å². The molecule has 0 fully saturated rings. The van der Waals surface area contributed by atoms with E-state index in [-0.39, 0.29) is 10.8 Å². The molecule has 402 valence electrons. The van der Waals surface area contributed by atoms with E-state index in [9.17, 15) is 8.42 Å². The van der Waals surface area contributed by atoms with Crippen molar-refractivity contribution in [3.63, 3.8) is 0 Å². The first-order valence-corrected chi connectivity index (χ1v) is 34.5. The number of benzene rings is 1. The van der Waals surface area contributed by atoms with Gasteiger partial charge >= 0.3 is 0 Å². The Morgan fingerprint density at radius 1 is 0.486 bits per heavy atom. The number of hydrogen-bond acceptors (Lipinski definition) is 9. The van der Waals surface area contributed by atoms with Gasteiger partial charge in [0, 0.05) is 60.3 Å². The van der Waals surface area contributed by atoms with Crippen LogP contribution >= 0.6 is 57.1 Å². The molecule has 1 aliphatic heterocycles. The zero-order valence-corrected chi connectivity index (χ0v) is 52.1. The largest absolute Gasteiger partial charge is 0.219 e. The lowest BCUT2D eigenvalue weighted by Crippen LogP contribution is -2.31. The van der Waals surface area contributed by atoms with Gasteiger partial charge in [0.1, 0.15) is 11.0 Å². The maximum atomic E-state index is 13.1. The Labute approximate surface area is 468 Å². The van der Waals surface area contributed by atoms with Crippen LogP contribution in [-0.2, 0) is 20.7 Å². The number of allylic oxidation sites excluding steroid dienone is 3. The summed E-state index contributed by atoms with van der Waals surface area (Å²) in [5.74, 6) is 2.92. The maximum Gasteiger partial charge on any atom is 0.203 e. The highest BCUT2D eigenvalue weighted by Crippen LogP contribution is 2.64. The van der Waals surface area contributed by atoms with Crippen LogP contribution in [0.1, 0.15) is 233 Å². The van der Waals surface area contributed by atoms with E-state index < -0.39 is 9.84 Å². The lowest BCUT2D eigenvalue weighted by Gasteiger charge is -2.37. The molecule has 2 aliphatic carbocycles. The predicted octanol–water partition coefficient (Wildman–Crippen LogP) is 21.8. The normalized spacial score (nSPS) is 19.9. The van der Waals surface area contributed by atoms with Gasteiger partial charge in [0.05, 0.1) is 16.6 Å². The molecule has 4 atom stereocenters. The Balaban J connectivity index is 0.000000197. The minimum atomic E-state index is -3.36. The van der Waals surface area contributed by atoms with Gasteiger partial charge in [-0.3, -0.25) is 0 Å². The van der Waals surface area contributed by atoms with Crippen LogP contribution < -0.4 is 0 Å². The van der Waals surface area contributed by atoms with Crippen molar-refractivity contribution >= 4 is 82.9 Å². The molecule has 0 N–H and O–H groups in total. The molecule has 5 aromatic heterocycles. The van der Waals surface area contributed by atoms with E-state index in [1.165, 1.54) is 181 Å². The highest BCUT2D eigenvalue weighted by molar-refractivity contribution is 8.04. The monoisotopic (exact) mass is 1110 g/mol. The number of thiophene rings is 4. The molecular weight excluding hydrogens is 1020 g/mol. The van der Waals surface area contributed by atoms with E-state index in [0.717, 1.165) is 27.7 Å². The van der Waals surface area contributed by atoms with Crippen molar-refractivity contribution in [3.8, 4) is 29.9 Å². The van der Waals surface area contributed by atoms with Crippen LogP contribution in [0.15, 0.2) is 53.5 Å². The SMILES string of the molecule is CCCCC(CC)CC1(CC(CC)CCCC)c2cc(C)sc2-c2sc(-c3ccc(C)c4nsnc34)cc21.CCCCC(CC)CC1(CC(CC)CCCC)c2cc(C)sc2-c2sc(C3=CC=C(C)S3(=O)=O)cc21. The zero-order chi connectivity index (χ0) is 53.0. The van der Waals surface area contributed by atoms with Crippen molar-refractivity contribution in [2.45, 2.75) is 222 Å². The van der Waals surface area contributed by atoms with Gasteiger partial charge in [-0.2, -0.15) is 8.75 Å². The van der Waals surface area contributed by atoms with E-state index in [1.54, 1.807) is 50.8 Å². The molecule has 0 spiro atoms. The second-order valence-corrected chi connectivity index (χ2v) is 30.0. The lowest BCUT2D eigenvalue weighted by molar-refractivity contribution is 0.266. The summed E-state index contributed by atoms with van der Waals surface area (Å²) in [4.78, 5) is 12.0. The van der Waals surface area contributed by atoms with E-state index >= 15 is 0 Å². The number of hydrogen-bond donors (Lipinski definition) is 0. The molecule has 4 nitrogen and oxygen atoms in total. The molecule has 1 aromatic carbocycles. The minimum Gasteiger partial charge on any atom is -0.219 e. The van der Waals surface area contributed by atoms with E-state index in [0.29, 0.717) is 21.6 Å². The van der Waals surface area contributed by atoms with Crippen LogP contribution in [0.25, 0.3) is 45.9 Å².